The third-order valence-corrected chi connectivity index (χ3v) is 3.70. The van der Waals surface area contributed by atoms with Crippen molar-refractivity contribution in [1.82, 2.24) is 14.1 Å². The van der Waals surface area contributed by atoms with Crippen molar-refractivity contribution in [3.05, 3.63) is 45.1 Å². The van der Waals surface area contributed by atoms with Crippen LogP contribution in [-0.4, -0.2) is 14.1 Å². The van der Waals surface area contributed by atoms with Gasteiger partial charge in [0, 0.05) is 7.05 Å². The number of aryl methyl sites for hydroxylation is 2. The Hall–Kier alpha value is -2.50. The number of fused-ring (bicyclic) bond motifs is 2. The Kier molecular flexibility index (Phi) is 1.80. The molecule has 1 aliphatic rings. The Labute approximate surface area is 107 Å². The van der Waals surface area contributed by atoms with E-state index < -0.39 is 0 Å². The molecule has 0 unspecified atom stereocenters. The van der Waals surface area contributed by atoms with Crippen LogP contribution in [0.15, 0.2) is 33.9 Å². The molecule has 6 heteroatoms. The van der Waals surface area contributed by atoms with Gasteiger partial charge in [0.1, 0.15) is 18.6 Å². The molecule has 0 atom stereocenters. The highest BCUT2D eigenvalue weighted by Crippen LogP contribution is 2.13. The van der Waals surface area contributed by atoms with Crippen molar-refractivity contribution in [1.29, 1.82) is 0 Å². The molecule has 0 N–H and O–H groups in total. The highest BCUT2D eigenvalue weighted by atomic mass is 16.2. The maximum atomic E-state index is 12.2. The summed E-state index contributed by atoms with van der Waals surface area (Å²) in [5, 5.41) is 0. The molecule has 1 aliphatic heterocycles. The predicted octanol–water partition coefficient (Wildman–Crippen LogP) is -0.451. The van der Waals surface area contributed by atoms with E-state index in [0.717, 1.165) is 15.6 Å². The van der Waals surface area contributed by atoms with Gasteiger partial charge in [-0.25, -0.2) is 18.9 Å². The maximum Gasteiger partial charge on any atom is 0.418 e. The molecule has 0 radical (unpaired) electrons. The standard InChI is InChI=1S/C13H11N4O2/c1-15-12(18)10-11-16(6-7-17(11)13(15)19)9-5-3-2-4-8(9)14-10/h2-5H,6-7H2,1H3/q+1. The minimum atomic E-state index is -0.336. The van der Waals surface area contributed by atoms with Gasteiger partial charge in [-0.2, -0.15) is 4.57 Å². The van der Waals surface area contributed by atoms with Gasteiger partial charge in [-0.15, -0.1) is 0 Å². The lowest BCUT2D eigenvalue weighted by molar-refractivity contribution is -0.637. The number of para-hydroxylation sites is 2. The molecule has 2 aromatic heterocycles. The monoisotopic (exact) mass is 255 g/mol. The molecule has 1 aromatic carbocycles. The number of aromatic nitrogens is 4. The van der Waals surface area contributed by atoms with Gasteiger partial charge < -0.3 is 0 Å². The highest BCUT2D eigenvalue weighted by Gasteiger charge is 2.29. The first kappa shape index (κ1) is 10.4. The van der Waals surface area contributed by atoms with E-state index >= 15 is 0 Å². The van der Waals surface area contributed by atoms with Crippen LogP contribution in [0.5, 0.6) is 0 Å². The van der Waals surface area contributed by atoms with Crippen molar-refractivity contribution in [2.75, 3.05) is 0 Å². The summed E-state index contributed by atoms with van der Waals surface area (Å²) in [5.74, 6) is 0. The molecule has 3 heterocycles. The Balaban J connectivity index is 2.42. The quantitative estimate of drug-likeness (QED) is 0.404. The highest BCUT2D eigenvalue weighted by molar-refractivity contribution is 5.79. The average molecular weight is 255 g/mol. The SMILES string of the molecule is Cn1c(=O)c2nc3ccccc3[n+]3c2n(c1=O)CC3. The fourth-order valence-electron chi connectivity index (χ4n) is 2.76. The smallest absolute Gasteiger partial charge is 0.266 e. The fraction of sp³-hybridized carbons (Fsp3) is 0.231. The van der Waals surface area contributed by atoms with Gasteiger partial charge in [0.25, 0.3) is 5.56 Å². The largest absolute Gasteiger partial charge is 0.418 e. The van der Waals surface area contributed by atoms with Crippen LogP contribution in [0.1, 0.15) is 0 Å². The maximum absolute atomic E-state index is 12.2. The van der Waals surface area contributed by atoms with Crippen LogP contribution in [0.25, 0.3) is 22.2 Å². The van der Waals surface area contributed by atoms with Gasteiger partial charge in [-0.3, -0.25) is 4.79 Å². The summed E-state index contributed by atoms with van der Waals surface area (Å²) < 4.78 is 4.75. The van der Waals surface area contributed by atoms with Crippen LogP contribution in [-0.2, 0) is 20.1 Å². The molecule has 0 saturated carbocycles. The molecule has 6 nitrogen and oxygen atoms in total. The molecule has 0 saturated heterocycles. The molecule has 0 amide bonds. The summed E-state index contributed by atoms with van der Waals surface area (Å²) in [4.78, 5) is 28.7. The molecule has 0 fully saturated rings. The van der Waals surface area contributed by atoms with Crippen molar-refractivity contribution in [3.8, 4) is 0 Å². The number of rotatable bonds is 0. The van der Waals surface area contributed by atoms with Crippen molar-refractivity contribution in [2.45, 2.75) is 13.1 Å². The lowest BCUT2D eigenvalue weighted by Gasteiger charge is -2.02. The molecule has 4 rings (SSSR count). The molecule has 94 valence electrons. The van der Waals surface area contributed by atoms with Gasteiger partial charge in [0.2, 0.25) is 5.52 Å². The summed E-state index contributed by atoms with van der Waals surface area (Å²) in [6, 6.07) is 7.66. The first-order chi connectivity index (χ1) is 9.18. The van der Waals surface area contributed by atoms with Gasteiger partial charge >= 0.3 is 11.3 Å². The number of hydrogen-bond donors (Lipinski definition) is 0. The average Bonchev–Trinajstić information content (AvgIpc) is 2.88. The summed E-state index contributed by atoms with van der Waals surface area (Å²) in [5.41, 5.74) is 2.11. The second kappa shape index (κ2) is 3.28. The lowest BCUT2D eigenvalue weighted by atomic mass is 10.3. The Bertz CT molecular complexity index is 968. The van der Waals surface area contributed by atoms with Gasteiger partial charge in [-0.05, 0) is 12.1 Å². The van der Waals surface area contributed by atoms with E-state index in [1.165, 1.54) is 7.05 Å². The zero-order valence-corrected chi connectivity index (χ0v) is 10.3. The molecular weight excluding hydrogens is 244 g/mol. The van der Waals surface area contributed by atoms with Crippen molar-refractivity contribution < 1.29 is 4.57 Å². The number of benzene rings is 1. The Morgan fingerprint density at radius 3 is 2.89 bits per heavy atom. The summed E-state index contributed by atoms with van der Waals surface area (Å²) >= 11 is 0. The van der Waals surface area contributed by atoms with E-state index in [0.29, 0.717) is 24.3 Å². The van der Waals surface area contributed by atoms with Gasteiger partial charge in [-0.1, -0.05) is 12.1 Å². The van der Waals surface area contributed by atoms with Crippen LogP contribution in [0.3, 0.4) is 0 Å². The normalized spacial score (nSPS) is 13.5. The van der Waals surface area contributed by atoms with Crippen LogP contribution in [0.4, 0.5) is 0 Å². The van der Waals surface area contributed by atoms with Crippen LogP contribution >= 0.6 is 0 Å². The number of nitrogens with zero attached hydrogens (tertiary/aromatic N) is 4. The minimum absolute atomic E-state index is 0.277. The van der Waals surface area contributed by atoms with Crippen molar-refractivity contribution in [3.63, 3.8) is 0 Å². The summed E-state index contributed by atoms with van der Waals surface area (Å²) in [6.45, 7) is 1.28. The summed E-state index contributed by atoms with van der Waals surface area (Å²) in [7, 11) is 1.49. The Morgan fingerprint density at radius 1 is 1.26 bits per heavy atom. The number of hydrogen-bond acceptors (Lipinski definition) is 3. The van der Waals surface area contributed by atoms with E-state index in [1.54, 1.807) is 4.57 Å². The molecule has 3 aromatic rings. The van der Waals surface area contributed by atoms with E-state index in [2.05, 4.69) is 4.98 Å². The van der Waals surface area contributed by atoms with Crippen LogP contribution in [0.2, 0.25) is 0 Å². The van der Waals surface area contributed by atoms with E-state index in [1.807, 2.05) is 28.8 Å². The second-order valence-electron chi connectivity index (χ2n) is 4.72. The molecule has 0 spiro atoms. The van der Waals surface area contributed by atoms with Gasteiger partial charge in [0.05, 0.1) is 0 Å². The second-order valence-corrected chi connectivity index (χ2v) is 4.72. The Morgan fingerprint density at radius 2 is 2.05 bits per heavy atom. The van der Waals surface area contributed by atoms with Crippen molar-refractivity contribution in [2.24, 2.45) is 7.05 Å². The third kappa shape index (κ3) is 1.15. The van der Waals surface area contributed by atoms with E-state index in [9.17, 15) is 9.59 Å². The fourth-order valence-corrected chi connectivity index (χ4v) is 2.76. The first-order valence-electron chi connectivity index (χ1n) is 6.10. The van der Waals surface area contributed by atoms with Crippen molar-refractivity contribution >= 4 is 22.2 Å². The van der Waals surface area contributed by atoms with Crippen LogP contribution < -0.4 is 15.8 Å². The van der Waals surface area contributed by atoms with E-state index in [-0.39, 0.29) is 11.2 Å². The zero-order chi connectivity index (χ0) is 13.1. The van der Waals surface area contributed by atoms with Crippen LogP contribution in [0, 0.1) is 0 Å². The molecule has 19 heavy (non-hydrogen) atoms. The predicted molar refractivity (Wildman–Crippen MR) is 68.9 cm³/mol. The zero-order valence-electron chi connectivity index (χ0n) is 10.3. The summed E-state index contributed by atoms with van der Waals surface area (Å²) in [6.07, 6.45) is 0. The van der Waals surface area contributed by atoms with E-state index in [4.69, 9.17) is 0 Å². The molecule has 0 bridgehead atoms. The lowest BCUT2D eigenvalue weighted by Crippen LogP contribution is -2.40. The topological polar surface area (TPSA) is 60.8 Å². The minimum Gasteiger partial charge on any atom is -0.266 e. The van der Waals surface area contributed by atoms with Gasteiger partial charge in [0.15, 0.2) is 5.52 Å². The first-order valence-corrected chi connectivity index (χ1v) is 6.10. The molecular formula is C13H11N4O2+. The third-order valence-electron chi connectivity index (χ3n) is 3.70. The molecule has 0 aliphatic carbocycles.